The van der Waals surface area contributed by atoms with Crippen LogP contribution < -0.4 is 4.90 Å². The van der Waals surface area contributed by atoms with Gasteiger partial charge in [-0.2, -0.15) is 0 Å². The summed E-state index contributed by atoms with van der Waals surface area (Å²) < 4.78 is 0. The fourth-order valence-corrected chi connectivity index (χ4v) is 13.6. The van der Waals surface area contributed by atoms with Crippen molar-refractivity contribution in [2.75, 3.05) is 4.90 Å². The molecule has 0 bridgehead atoms. The molecule has 2 heteroatoms. The molecule has 0 radical (unpaired) electrons. The van der Waals surface area contributed by atoms with Crippen LogP contribution in [0.5, 0.6) is 0 Å². The van der Waals surface area contributed by atoms with Gasteiger partial charge in [-0.25, -0.2) is 0 Å². The summed E-state index contributed by atoms with van der Waals surface area (Å²) in [5.41, 5.74) is 8.54. The molecule has 11 rings (SSSR count). The van der Waals surface area contributed by atoms with E-state index in [1.54, 1.807) is 0 Å². The van der Waals surface area contributed by atoms with Gasteiger partial charge >= 0.3 is 0 Å². The lowest BCUT2D eigenvalue weighted by Gasteiger charge is -2.42. The molecule has 0 N–H and O–H groups in total. The SMILES string of the molecule is CC1(C)c2cccc3ccc4cc(N(c5ccc(-c6ccc(S(c7ccccc7)(c7ccccc7)c7ccccc7)cc6)cc5)c5cccc6ccccc56)cc1c4c23. The van der Waals surface area contributed by atoms with E-state index < -0.39 is 10.0 Å². The summed E-state index contributed by atoms with van der Waals surface area (Å²) in [5, 5.41) is 7.85. The Morgan fingerprint density at radius 1 is 0.356 bits per heavy atom. The van der Waals surface area contributed by atoms with Gasteiger partial charge in [0.1, 0.15) is 0 Å². The Bertz CT molecular complexity index is 3050. The second-order valence-electron chi connectivity index (χ2n) is 16.1. The molecule has 0 saturated carbocycles. The molecule has 59 heavy (non-hydrogen) atoms. The maximum Gasteiger partial charge on any atom is 0.0540 e. The Morgan fingerprint density at radius 3 is 1.49 bits per heavy atom. The zero-order valence-electron chi connectivity index (χ0n) is 33.2. The van der Waals surface area contributed by atoms with Crippen molar-refractivity contribution in [2.24, 2.45) is 0 Å². The first-order valence-electron chi connectivity index (χ1n) is 20.5. The van der Waals surface area contributed by atoms with Crippen molar-refractivity contribution >= 4 is 59.4 Å². The molecule has 10 aromatic carbocycles. The van der Waals surface area contributed by atoms with Crippen LogP contribution >= 0.6 is 10.0 Å². The van der Waals surface area contributed by atoms with E-state index in [1.165, 1.54) is 85.5 Å². The van der Waals surface area contributed by atoms with Crippen LogP contribution in [-0.4, -0.2) is 0 Å². The van der Waals surface area contributed by atoms with Crippen molar-refractivity contribution in [3.63, 3.8) is 0 Å². The van der Waals surface area contributed by atoms with E-state index in [4.69, 9.17) is 0 Å². The van der Waals surface area contributed by atoms with Crippen molar-refractivity contribution < 1.29 is 0 Å². The largest absolute Gasteiger partial charge is 0.310 e. The third-order valence-electron chi connectivity index (χ3n) is 12.5. The lowest BCUT2D eigenvalue weighted by molar-refractivity contribution is 0.663. The number of benzene rings is 10. The van der Waals surface area contributed by atoms with Crippen LogP contribution in [0.2, 0.25) is 0 Å². The monoisotopic (exact) mass is 773 g/mol. The smallest absolute Gasteiger partial charge is 0.0540 e. The van der Waals surface area contributed by atoms with Gasteiger partial charge in [0.25, 0.3) is 0 Å². The van der Waals surface area contributed by atoms with E-state index in [9.17, 15) is 0 Å². The minimum absolute atomic E-state index is 0.112. The molecule has 0 unspecified atom stereocenters. The average molecular weight is 774 g/mol. The summed E-state index contributed by atoms with van der Waals surface area (Å²) in [4.78, 5) is 7.76. The first kappa shape index (κ1) is 35.3. The summed E-state index contributed by atoms with van der Waals surface area (Å²) in [6.45, 7) is 4.77. The van der Waals surface area contributed by atoms with Gasteiger partial charge in [0.15, 0.2) is 0 Å². The molecule has 0 amide bonds. The van der Waals surface area contributed by atoms with E-state index in [0.29, 0.717) is 0 Å². The molecule has 0 atom stereocenters. The second kappa shape index (κ2) is 13.9. The first-order chi connectivity index (χ1) is 29.0. The van der Waals surface area contributed by atoms with Gasteiger partial charge in [-0.05, 0) is 128 Å². The van der Waals surface area contributed by atoms with Crippen LogP contribution in [0.15, 0.2) is 244 Å². The molecular formula is C57H43NS. The van der Waals surface area contributed by atoms with E-state index in [0.717, 1.165) is 5.69 Å². The van der Waals surface area contributed by atoms with Gasteiger partial charge in [0, 0.05) is 41.8 Å². The lowest BCUT2D eigenvalue weighted by atomic mass is 9.81. The van der Waals surface area contributed by atoms with E-state index in [1.807, 2.05) is 0 Å². The van der Waals surface area contributed by atoms with Gasteiger partial charge < -0.3 is 4.90 Å². The van der Waals surface area contributed by atoms with Gasteiger partial charge in [-0.15, -0.1) is 10.0 Å². The summed E-state index contributed by atoms with van der Waals surface area (Å²) in [7, 11) is -1.75. The molecular weight excluding hydrogens is 731 g/mol. The minimum Gasteiger partial charge on any atom is -0.310 e. The number of hydrogen-bond donors (Lipinski definition) is 0. The van der Waals surface area contributed by atoms with Crippen molar-refractivity contribution in [2.45, 2.75) is 38.8 Å². The number of fused-ring (bicyclic) bond motifs is 1. The highest BCUT2D eigenvalue weighted by molar-refractivity contribution is 8.34. The Labute approximate surface area is 348 Å². The van der Waals surface area contributed by atoms with Crippen LogP contribution in [0.1, 0.15) is 25.0 Å². The van der Waals surface area contributed by atoms with E-state index in [-0.39, 0.29) is 5.41 Å². The average Bonchev–Trinajstić information content (AvgIpc) is 3.54. The number of anilines is 3. The quantitative estimate of drug-likeness (QED) is 0.139. The van der Waals surface area contributed by atoms with E-state index >= 15 is 0 Å². The third kappa shape index (κ3) is 5.55. The van der Waals surface area contributed by atoms with Crippen molar-refractivity contribution in [1.82, 2.24) is 0 Å². The number of rotatable bonds is 8. The van der Waals surface area contributed by atoms with E-state index in [2.05, 4.69) is 243 Å². The van der Waals surface area contributed by atoms with Crippen LogP contribution in [0.3, 0.4) is 0 Å². The van der Waals surface area contributed by atoms with Crippen LogP contribution in [0.4, 0.5) is 17.1 Å². The van der Waals surface area contributed by atoms with Gasteiger partial charge in [0.2, 0.25) is 0 Å². The summed E-state index contributed by atoms with van der Waals surface area (Å²) in [5.74, 6) is 0. The zero-order valence-corrected chi connectivity index (χ0v) is 34.0. The molecule has 1 aliphatic rings. The molecule has 10 aromatic rings. The Balaban J connectivity index is 1.03. The Kier molecular flexibility index (Phi) is 8.32. The fourth-order valence-electron chi connectivity index (χ4n) is 9.69. The van der Waals surface area contributed by atoms with Crippen molar-refractivity contribution in [3.8, 4) is 11.1 Å². The standard InChI is InChI=1S/C57H43NS/c1-57(2)52-26-14-18-43-28-29-44-38-46(39-53(57)56(44)55(43)52)58(54-27-15-17-42-16-12-13-25-51(42)54)45-34-30-40(31-35-45)41-32-36-50(37-33-41)59(47-19-6-3-7-20-47,48-21-8-4-9-22-48)49-23-10-5-11-24-49/h3-39H,1-2H3. The highest BCUT2D eigenvalue weighted by Gasteiger charge is 2.35. The molecule has 0 aromatic heterocycles. The van der Waals surface area contributed by atoms with Crippen molar-refractivity contribution in [1.29, 1.82) is 0 Å². The van der Waals surface area contributed by atoms with Gasteiger partial charge in [-0.1, -0.05) is 159 Å². The molecule has 1 nitrogen and oxygen atoms in total. The number of nitrogens with zero attached hydrogens (tertiary/aromatic N) is 1. The molecule has 0 saturated heterocycles. The predicted octanol–water partition coefficient (Wildman–Crippen LogP) is 16.3. The second-order valence-corrected chi connectivity index (χ2v) is 19.3. The number of hydrogen-bond acceptors (Lipinski definition) is 1. The van der Waals surface area contributed by atoms with Crippen LogP contribution in [0, 0.1) is 0 Å². The van der Waals surface area contributed by atoms with Crippen molar-refractivity contribution in [3.05, 3.63) is 236 Å². The predicted molar refractivity (Wildman–Crippen MR) is 251 cm³/mol. The zero-order chi connectivity index (χ0) is 39.6. The third-order valence-corrected chi connectivity index (χ3v) is 16.4. The Morgan fingerprint density at radius 2 is 0.847 bits per heavy atom. The molecule has 282 valence electrons. The van der Waals surface area contributed by atoms with Crippen LogP contribution in [-0.2, 0) is 5.41 Å². The summed E-state index contributed by atoms with van der Waals surface area (Å²) in [6.07, 6.45) is 0. The van der Waals surface area contributed by atoms with Gasteiger partial charge in [0.05, 0.1) is 5.69 Å². The molecule has 0 aliphatic heterocycles. The normalized spacial score (nSPS) is 13.3. The lowest BCUT2D eigenvalue weighted by Crippen LogP contribution is -2.17. The first-order valence-corrected chi connectivity index (χ1v) is 22.1. The highest BCUT2D eigenvalue weighted by Crippen LogP contribution is 2.73. The maximum atomic E-state index is 2.46. The Hall–Kier alpha value is -6.87. The maximum absolute atomic E-state index is 2.46. The highest BCUT2D eigenvalue weighted by atomic mass is 32.3. The van der Waals surface area contributed by atoms with Crippen LogP contribution in [0.25, 0.3) is 43.4 Å². The summed E-state index contributed by atoms with van der Waals surface area (Å²) in [6, 6.07) is 83.3. The molecule has 0 heterocycles. The van der Waals surface area contributed by atoms with Gasteiger partial charge in [-0.3, -0.25) is 0 Å². The topological polar surface area (TPSA) is 3.24 Å². The minimum atomic E-state index is -1.75. The molecule has 0 spiro atoms. The molecule has 1 aliphatic carbocycles. The fraction of sp³-hybridized carbons (Fsp3) is 0.0526. The summed E-state index contributed by atoms with van der Waals surface area (Å²) >= 11 is 0. The molecule has 0 fully saturated rings.